The monoisotopic (exact) mass is 498 g/mol. The summed E-state index contributed by atoms with van der Waals surface area (Å²) in [6.45, 7) is 6.39. The van der Waals surface area contributed by atoms with Crippen LogP contribution in [0.1, 0.15) is 50.3 Å². The van der Waals surface area contributed by atoms with Crippen LogP contribution in [0.2, 0.25) is 0 Å². The van der Waals surface area contributed by atoms with Crippen molar-refractivity contribution in [3.05, 3.63) is 59.7 Å². The molecule has 3 atom stereocenters. The zero-order chi connectivity index (χ0) is 25.0. The molecule has 2 aromatic rings. The Bertz CT molecular complexity index is 1170. The van der Waals surface area contributed by atoms with Gasteiger partial charge in [0.2, 0.25) is 5.91 Å². The minimum absolute atomic E-state index is 0.0447. The van der Waals surface area contributed by atoms with Crippen LogP contribution in [0.4, 0.5) is 0 Å². The van der Waals surface area contributed by atoms with E-state index in [-0.39, 0.29) is 28.6 Å². The third-order valence-corrected chi connectivity index (χ3v) is 8.33. The van der Waals surface area contributed by atoms with Gasteiger partial charge in [0.05, 0.1) is 18.0 Å². The van der Waals surface area contributed by atoms with E-state index < -0.39 is 16.1 Å². The van der Waals surface area contributed by atoms with Gasteiger partial charge < -0.3 is 10.1 Å². The molecule has 1 saturated heterocycles. The van der Waals surface area contributed by atoms with E-state index in [9.17, 15) is 13.2 Å². The zero-order valence-electron chi connectivity index (χ0n) is 20.5. The highest BCUT2D eigenvalue weighted by molar-refractivity contribution is 7.90. The summed E-state index contributed by atoms with van der Waals surface area (Å²) in [5.74, 6) is 0.760. The number of carbonyl (C=O) groups is 1. The summed E-state index contributed by atoms with van der Waals surface area (Å²) in [5, 5.41) is 3.12. The average Bonchev–Trinajstić information content (AvgIpc) is 3.49. The number of hydrogen-bond donors (Lipinski definition) is 2. The molecule has 9 heteroatoms. The number of fused-ring (bicyclic) bond motifs is 1. The van der Waals surface area contributed by atoms with Crippen molar-refractivity contribution in [2.45, 2.75) is 50.1 Å². The number of rotatable bonds is 9. The minimum Gasteiger partial charge on any atom is -0.497 e. The molecule has 1 amide bonds. The van der Waals surface area contributed by atoms with Gasteiger partial charge in [0, 0.05) is 12.1 Å². The summed E-state index contributed by atoms with van der Waals surface area (Å²) >= 11 is 0. The molecule has 2 heterocycles. The van der Waals surface area contributed by atoms with Gasteiger partial charge in [-0.15, -0.1) is 0 Å². The first kappa shape index (κ1) is 25.2. The maximum atomic E-state index is 13.4. The first-order valence-electron chi connectivity index (χ1n) is 12.2. The molecule has 1 unspecified atom stereocenters. The van der Waals surface area contributed by atoms with Crippen molar-refractivity contribution in [2.24, 2.45) is 10.9 Å². The molecule has 2 aliphatic heterocycles. The number of likely N-dealkylation sites (tertiary alicyclic amines) is 1. The molecule has 188 valence electrons. The quantitative estimate of drug-likeness (QED) is 0.553. The number of aliphatic imine (C=N–C) groups is 1. The number of hydrogen-bond acceptors (Lipinski definition) is 6. The predicted octanol–water partition coefficient (Wildman–Crippen LogP) is 3.10. The first-order chi connectivity index (χ1) is 16.8. The van der Waals surface area contributed by atoms with Crippen molar-refractivity contribution >= 4 is 21.8 Å². The summed E-state index contributed by atoms with van der Waals surface area (Å²) in [6.07, 6.45) is 3.02. The number of amides is 1. The maximum absolute atomic E-state index is 13.4. The Morgan fingerprint density at radius 1 is 1.14 bits per heavy atom. The van der Waals surface area contributed by atoms with Gasteiger partial charge in [-0.1, -0.05) is 44.5 Å². The molecule has 2 aliphatic rings. The van der Waals surface area contributed by atoms with Gasteiger partial charge in [-0.05, 0) is 61.7 Å². The Labute approximate surface area is 207 Å². The van der Waals surface area contributed by atoms with Crippen LogP contribution in [0.5, 0.6) is 5.75 Å². The summed E-state index contributed by atoms with van der Waals surface area (Å²) < 4.78 is 32.9. The number of ether oxygens (including phenoxy) is 1. The highest BCUT2D eigenvalue weighted by Gasteiger charge is 2.33. The van der Waals surface area contributed by atoms with Crippen molar-refractivity contribution in [3.8, 4) is 5.75 Å². The third kappa shape index (κ3) is 5.51. The molecular weight excluding hydrogens is 464 g/mol. The fraction of sp³-hybridized carbons (Fsp3) is 0.462. The van der Waals surface area contributed by atoms with Gasteiger partial charge in [-0.3, -0.25) is 19.4 Å². The highest BCUT2D eigenvalue weighted by atomic mass is 32.2. The van der Waals surface area contributed by atoms with Crippen LogP contribution in [0.15, 0.2) is 58.4 Å². The van der Waals surface area contributed by atoms with Gasteiger partial charge in [0.15, 0.2) is 0 Å². The largest absolute Gasteiger partial charge is 0.497 e. The number of nitrogens with one attached hydrogen (secondary N) is 2. The van der Waals surface area contributed by atoms with Crippen molar-refractivity contribution in [1.82, 2.24) is 14.9 Å². The van der Waals surface area contributed by atoms with E-state index in [0.717, 1.165) is 43.7 Å². The van der Waals surface area contributed by atoms with Crippen LogP contribution < -0.4 is 14.8 Å². The maximum Gasteiger partial charge on any atom is 0.263 e. The fourth-order valence-electron chi connectivity index (χ4n) is 4.68. The van der Waals surface area contributed by atoms with Crippen LogP contribution in [0.3, 0.4) is 0 Å². The summed E-state index contributed by atoms with van der Waals surface area (Å²) in [6, 6.07) is 14.0. The zero-order valence-corrected chi connectivity index (χ0v) is 21.3. The Morgan fingerprint density at radius 3 is 2.49 bits per heavy atom. The third-order valence-electron chi connectivity index (χ3n) is 6.93. The lowest BCUT2D eigenvalue weighted by molar-refractivity contribution is -0.123. The lowest BCUT2D eigenvalue weighted by Gasteiger charge is -2.29. The average molecular weight is 499 g/mol. The second-order valence-corrected chi connectivity index (χ2v) is 10.8. The fourth-order valence-corrected chi connectivity index (χ4v) is 5.91. The first-order valence-corrected chi connectivity index (χ1v) is 13.7. The second-order valence-electron chi connectivity index (χ2n) is 9.19. The molecule has 2 N–H and O–H groups in total. The van der Waals surface area contributed by atoms with Crippen LogP contribution >= 0.6 is 0 Å². The van der Waals surface area contributed by atoms with Crippen LogP contribution in [0, 0.1) is 5.92 Å². The lowest BCUT2D eigenvalue weighted by Crippen LogP contribution is -2.43. The number of amidine groups is 1. The van der Waals surface area contributed by atoms with Gasteiger partial charge in [0.25, 0.3) is 10.0 Å². The Kier molecular flexibility index (Phi) is 7.76. The number of methoxy groups -OCH3 is 1. The van der Waals surface area contributed by atoms with Gasteiger partial charge in [0.1, 0.15) is 17.6 Å². The Morgan fingerprint density at radius 2 is 1.83 bits per heavy atom. The summed E-state index contributed by atoms with van der Waals surface area (Å²) in [4.78, 5) is 20.6. The molecule has 0 aliphatic carbocycles. The van der Waals surface area contributed by atoms with Crippen molar-refractivity contribution < 1.29 is 17.9 Å². The second kappa shape index (κ2) is 10.8. The van der Waals surface area contributed by atoms with E-state index in [4.69, 9.17) is 4.74 Å². The predicted molar refractivity (Wildman–Crippen MR) is 136 cm³/mol. The van der Waals surface area contributed by atoms with E-state index in [1.807, 2.05) is 38.1 Å². The van der Waals surface area contributed by atoms with Crippen LogP contribution in [-0.2, 0) is 14.8 Å². The topological polar surface area (TPSA) is 100 Å². The molecule has 0 aromatic heterocycles. The molecule has 8 nitrogen and oxygen atoms in total. The Hall–Kier alpha value is -2.91. The smallest absolute Gasteiger partial charge is 0.263 e. The normalized spacial score (nSPS) is 20.6. The summed E-state index contributed by atoms with van der Waals surface area (Å²) in [5.41, 5.74) is 1.62. The number of benzene rings is 2. The van der Waals surface area contributed by atoms with E-state index in [2.05, 4.69) is 19.9 Å². The van der Waals surface area contributed by atoms with E-state index in [1.54, 1.807) is 31.4 Å². The highest BCUT2D eigenvalue weighted by Crippen LogP contribution is 2.27. The van der Waals surface area contributed by atoms with Gasteiger partial charge in [-0.2, -0.15) is 0 Å². The number of nitrogens with zero attached hydrogens (tertiary/aromatic N) is 2. The van der Waals surface area contributed by atoms with Crippen molar-refractivity contribution in [1.29, 1.82) is 0 Å². The van der Waals surface area contributed by atoms with E-state index >= 15 is 0 Å². The van der Waals surface area contributed by atoms with E-state index in [0.29, 0.717) is 12.1 Å². The van der Waals surface area contributed by atoms with Crippen molar-refractivity contribution in [3.63, 3.8) is 0 Å². The summed E-state index contributed by atoms with van der Waals surface area (Å²) in [7, 11) is -2.02. The van der Waals surface area contributed by atoms with Crippen molar-refractivity contribution in [2.75, 3.05) is 26.7 Å². The molecule has 0 saturated carbocycles. The number of carbonyl (C=O) groups excluding carboxylic acids is 1. The SMILES string of the molecule is CC[C@H](C)[C@H](N=C1NS(=O)(=O)c2ccccc21)C(=O)NCC(c1ccc(OC)cc1)N1CCCC1. The molecule has 0 bridgehead atoms. The molecule has 35 heavy (non-hydrogen) atoms. The molecular formula is C26H34N4O4S. The number of sulfonamides is 1. The minimum atomic E-state index is -3.67. The van der Waals surface area contributed by atoms with Crippen LogP contribution in [-0.4, -0.2) is 57.8 Å². The Balaban J connectivity index is 1.55. The molecule has 4 rings (SSSR count). The van der Waals surface area contributed by atoms with Crippen LogP contribution in [0.25, 0.3) is 0 Å². The molecule has 2 aromatic carbocycles. The van der Waals surface area contributed by atoms with Gasteiger partial charge >= 0.3 is 0 Å². The molecule has 0 radical (unpaired) electrons. The molecule has 1 fully saturated rings. The van der Waals surface area contributed by atoms with E-state index in [1.165, 1.54) is 0 Å². The molecule has 0 spiro atoms. The lowest BCUT2D eigenvalue weighted by atomic mass is 9.98. The van der Waals surface area contributed by atoms with Gasteiger partial charge in [-0.25, -0.2) is 8.42 Å². The standard InChI is InChI=1S/C26H34N4O4S/c1-4-18(2)24(28-25-21-9-5-6-10-23(21)35(32,33)29-25)26(31)27-17-22(30-15-7-8-16-30)19-11-13-20(34-3)14-12-19/h5-6,9-14,18,22,24H,4,7-8,15-17H2,1-3H3,(H,27,31)(H,28,29)/t18-,22?,24-/m0/s1.